The largest absolute Gasteiger partial charge is 0.394 e. The van der Waals surface area contributed by atoms with Crippen molar-refractivity contribution < 1.29 is 55.1 Å². The number of hydrogen-bond donors (Lipinski definition) is 8. The van der Waals surface area contributed by atoms with E-state index in [-0.39, 0.29) is 0 Å². The van der Waals surface area contributed by atoms with E-state index in [0.29, 0.717) is 0 Å². The van der Waals surface area contributed by atoms with Gasteiger partial charge in [0.25, 0.3) is 0 Å². The predicted molar refractivity (Wildman–Crippen MR) is 68.7 cm³/mol. The first-order valence-corrected chi connectivity index (χ1v) is 7.01. The fourth-order valence-corrected chi connectivity index (χ4v) is 2.66. The molecule has 0 bridgehead atoms. The summed E-state index contributed by atoms with van der Waals surface area (Å²) in [6.07, 6.45) is -9.10. The molecule has 2 rings (SSSR count). The van der Waals surface area contributed by atoms with Crippen LogP contribution in [0.2, 0.25) is 0 Å². The summed E-state index contributed by atoms with van der Waals surface area (Å²) in [6, 6.07) is 0. The van der Waals surface area contributed by atoms with Gasteiger partial charge in [-0.2, -0.15) is 0 Å². The molecule has 0 spiro atoms. The Morgan fingerprint density at radius 1 is 0.826 bits per heavy atom. The average molecular weight is 342 g/mol. The monoisotopic (exact) mass is 342 g/mol. The smallest absolute Gasteiger partial charge is 0.221 e. The molecule has 8 atom stereocenters. The van der Waals surface area contributed by atoms with Crippen LogP contribution < -0.4 is 0 Å². The van der Waals surface area contributed by atoms with Gasteiger partial charge in [0.15, 0.2) is 0 Å². The molecule has 23 heavy (non-hydrogen) atoms. The zero-order valence-corrected chi connectivity index (χ0v) is 12.1. The van der Waals surface area contributed by atoms with Gasteiger partial charge in [-0.3, -0.25) is 0 Å². The van der Waals surface area contributed by atoms with Gasteiger partial charge in [0.2, 0.25) is 11.6 Å². The minimum atomic E-state index is -2.37. The topological polar surface area (TPSA) is 190 Å². The fraction of sp³-hybridized carbons (Fsp3) is 1.00. The van der Waals surface area contributed by atoms with Crippen LogP contribution in [0.4, 0.5) is 0 Å². The lowest BCUT2D eigenvalue weighted by atomic mass is 10.0. The first kappa shape index (κ1) is 18.9. The Bertz CT molecular complexity index is 408. The predicted octanol–water partition coefficient (Wildman–Crippen LogP) is -5.39. The molecule has 0 aromatic carbocycles. The van der Waals surface area contributed by atoms with Crippen LogP contribution in [0.3, 0.4) is 0 Å². The zero-order chi connectivity index (χ0) is 17.4. The van der Waals surface area contributed by atoms with Gasteiger partial charge in [-0.15, -0.1) is 0 Å². The molecule has 2 saturated heterocycles. The van der Waals surface area contributed by atoms with Crippen LogP contribution in [0.15, 0.2) is 0 Å². The maximum atomic E-state index is 9.94. The van der Waals surface area contributed by atoms with E-state index in [0.717, 1.165) is 0 Å². The van der Waals surface area contributed by atoms with Crippen LogP contribution in [0.25, 0.3) is 0 Å². The van der Waals surface area contributed by atoms with E-state index >= 15 is 0 Å². The second kappa shape index (κ2) is 6.82. The number of aliphatic hydroxyl groups excluding tert-OH is 7. The fourth-order valence-electron chi connectivity index (χ4n) is 2.66. The Morgan fingerprint density at radius 3 is 1.87 bits per heavy atom. The van der Waals surface area contributed by atoms with Gasteiger partial charge in [0.05, 0.1) is 19.8 Å². The minimum Gasteiger partial charge on any atom is -0.394 e. The maximum absolute atomic E-state index is 9.94. The van der Waals surface area contributed by atoms with Gasteiger partial charge in [-0.1, -0.05) is 0 Å². The number of hydrogen-bond acceptors (Lipinski definition) is 11. The second-order valence-electron chi connectivity index (χ2n) is 5.65. The average Bonchev–Trinajstić information content (AvgIpc) is 2.93. The third kappa shape index (κ3) is 3.10. The highest BCUT2D eigenvalue weighted by Crippen LogP contribution is 2.34. The molecule has 8 N–H and O–H groups in total. The van der Waals surface area contributed by atoms with Gasteiger partial charge in [0.1, 0.15) is 43.2 Å². The molecule has 11 nitrogen and oxygen atoms in total. The summed E-state index contributed by atoms with van der Waals surface area (Å²) in [5.74, 6) is -4.44. The summed E-state index contributed by atoms with van der Waals surface area (Å²) < 4.78 is 15.3. The highest BCUT2D eigenvalue weighted by atomic mass is 16.7. The van der Waals surface area contributed by atoms with Crippen molar-refractivity contribution in [2.24, 2.45) is 0 Å². The quantitative estimate of drug-likeness (QED) is 0.230. The van der Waals surface area contributed by atoms with E-state index in [9.17, 15) is 30.6 Å². The van der Waals surface area contributed by atoms with E-state index < -0.39 is 74.6 Å². The molecule has 2 fully saturated rings. The molecule has 2 aliphatic rings. The molecule has 0 aromatic heterocycles. The first-order valence-electron chi connectivity index (χ1n) is 7.01. The molecule has 0 aromatic rings. The molecule has 0 radical (unpaired) electrons. The summed E-state index contributed by atoms with van der Waals surface area (Å²) in [5, 5.41) is 76.3. The van der Waals surface area contributed by atoms with E-state index in [4.69, 9.17) is 24.4 Å². The van der Waals surface area contributed by atoms with E-state index in [1.54, 1.807) is 0 Å². The molecule has 0 saturated carbocycles. The van der Waals surface area contributed by atoms with Gasteiger partial charge in [-0.25, -0.2) is 0 Å². The summed E-state index contributed by atoms with van der Waals surface area (Å²) in [4.78, 5) is 0. The van der Waals surface area contributed by atoms with Gasteiger partial charge >= 0.3 is 0 Å². The molecule has 0 amide bonds. The standard InChI is InChI=1S/C12H22O11/c13-1-5-7(16)10(19)12(4-15,23-5)21-2-6-8(17)9(18)11(20,3-14)22-6/h5-10,13-20H,1-4H2/t5-,6-,7-,8-,9+,10+,11+,12-/m1/s1. The minimum absolute atomic E-state index is 0.553. The number of ether oxygens (including phenoxy) is 3. The Kier molecular flexibility index (Phi) is 5.60. The normalized spacial score (nSPS) is 50.6. The first-order chi connectivity index (χ1) is 10.7. The molecule has 0 unspecified atom stereocenters. The second-order valence-corrected chi connectivity index (χ2v) is 5.65. The third-order valence-corrected chi connectivity index (χ3v) is 4.15. The van der Waals surface area contributed by atoms with Crippen molar-refractivity contribution in [3.05, 3.63) is 0 Å². The highest BCUT2D eigenvalue weighted by Gasteiger charge is 2.57. The summed E-state index contributed by atoms with van der Waals surface area (Å²) >= 11 is 0. The Hall–Kier alpha value is -0.440. The highest BCUT2D eigenvalue weighted by molar-refractivity contribution is 4.99. The molecule has 2 heterocycles. The molecule has 2 aliphatic heterocycles. The zero-order valence-electron chi connectivity index (χ0n) is 12.1. The summed E-state index contributed by atoms with van der Waals surface area (Å²) in [5.41, 5.74) is 0. The lowest BCUT2D eigenvalue weighted by Gasteiger charge is -2.31. The Morgan fingerprint density at radius 2 is 1.43 bits per heavy atom. The van der Waals surface area contributed by atoms with Crippen molar-refractivity contribution in [3.63, 3.8) is 0 Å². The van der Waals surface area contributed by atoms with Crippen LogP contribution in [-0.2, 0) is 14.2 Å². The number of aliphatic hydroxyl groups is 8. The van der Waals surface area contributed by atoms with Crippen molar-refractivity contribution in [1.29, 1.82) is 0 Å². The molecular weight excluding hydrogens is 320 g/mol. The summed E-state index contributed by atoms with van der Waals surface area (Å²) in [6.45, 7) is -3.04. The SMILES string of the molecule is OC[C@H]1O[C@@](CO)(OC[C@H]2O[C@@](O)(CO)[C@@H](O)[C@@H]2O)[C@@H](O)[C@@H]1O. The van der Waals surface area contributed by atoms with Gasteiger partial charge in [0, 0.05) is 0 Å². The van der Waals surface area contributed by atoms with Gasteiger partial charge < -0.3 is 55.1 Å². The van der Waals surface area contributed by atoms with Crippen molar-refractivity contribution in [2.75, 3.05) is 26.4 Å². The van der Waals surface area contributed by atoms with E-state index in [2.05, 4.69) is 0 Å². The van der Waals surface area contributed by atoms with Crippen LogP contribution >= 0.6 is 0 Å². The third-order valence-electron chi connectivity index (χ3n) is 4.15. The van der Waals surface area contributed by atoms with Gasteiger partial charge in [-0.05, 0) is 0 Å². The van der Waals surface area contributed by atoms with E-state index in [1.807, 2.05) is 0 Å². The van der Waals surface area contributed by atoms with Crippen LogP contribution in [-0.4, -0.2) is 115 Å². The maximum Gasteiger partial charge on any atom is 0.221 e. The van der Waals surface area contributed by atoms with Crippen molar-refractivity contribution in [2.45, 2.75) is 48.2 Å². The Balaban J connectivity index is 2.04. The van der Waals surface area contributed by atoms with Crippen molar-refractivity contribution in [1.82, 2.24) is 0 Å². The molecule has 136 valence electrons. The lowest BCUT2D eigenvalue weighted by Crippen LogP contribution is -2.50. The van der Waals surface area contributed by atoms with E-state index in [1.165, 1.54) is 0 Å². The molecular formula is C12H22O11. The molecule has 11 heteroatoms. The number of rotatable bonds is 6. The Labute approximate surface area is 130 Å². The molecule has 0 aliphatic carbocycles. The van der Waals surface area contributed by atoms with Crippen molar-refractivity contribution in [3.8, 4) is 0 Å². The van der Waals surface area contributed by atoms with Crippen LogP contribution in [0, 0.1) is 0 Å². The summed E-state index contributed by atoms with van der Waals surface area (Å²) in [7, 11) is 0. The van der Waals surface area contributed by atoms with Crippen LogP contribution in [0.1, 0.15) is 0 Å². The van der Waals surface area contributed by atoms with Crippen LogP contribution in [0.5, 0.6) is 0 Å². The van der Waals surface area contributed by atoms with Crippen molar-refractivity contribution >= 4 is 0 Å². The lowest BCUT2D eigenvalue weighted by molar-refractivity contribution is -0.296.